The lowest BCUT2D eigenvalue weighted by atomic mass is 9.94. The third-order valence-corrected chi connectivity index (χ3v) is 9.68. The standard InChI is InChI=1S/C47H34N2/c1-4-15-34(16-5-1)42-25-14-18-36-29-32-45-47(46(36)42)43-24-12-13-26-44(43)49(45)40-30-27-35(28-31-40)41-23-11-10-17-37(41)33-48(38-19-6-2-7-20-38)39-21-8-3-9-22-39/h1-32H,33H2. The zero-order valence-electron chi connectivity index (χ0n) is 27.1. The highest BCUT2D eigenvalue weighted by atomic mass is 15.1. The Morgan fingerprint density at radius 3 is 1.71 bits per heavy atom. The highest BCUT2D eigenvalue weighted by Crippen LogP contribution is 2.41. The third-order valence-electron chi connectivity index (χ3n) is 9.68. The minimum absolute atomic E-state index is 0.760. The number of para-hydroxylation sites is 3. The molecule has 8 aromatic carbocycles. The van der Waals surface area contributed by atoms with Gasteiger partial charge in [0, 0.05) is 34.4 Å². The summed E-state index contributed by atoms with van der Waals surface area (Å²) in [6, 6.07) is 70.0. The van der Waals surface area contributed by atoms with E-state index in [9.17, 15) is 0 Å². The van der Waals surface area contributed by atoms with Gasteiger partial charge >= 0.3 is 0 Å². The average molecular weight is 627 g/mol. The number of benzene rings is 8. The first-order valence-electron chi connectivity index (χ1n) is 16.9. The van der Waals surface area contributed by atoms with Crippen molar-refractivity contribution in [3.63, 3.8) is 0 Å². The second-order valence-electron chi connectivity index (χ2n) is 12.5. The zero-order valence-corrected chi connectivity index (χ0v) is 27.1. The van der Waals surface area contributed by atoms with Crippen LogP contribution in [0.2, 0.25) is 0 Å². The molecule has 0 bridgehead atoms. The topological polar surface area (TPSA) is 8.17 Å². The van der Waals surface area contributed by atoms with Gasteiger partial charge in [0.15, 0.2) is 0 Å². The van der Waals surface area contributed by atoms with Gasteiger partial charge in [0.05, 0.1) is 11.0 Å². The van der Waals surface area contributed by atoms with Crippen LogP contribution in [0, 0.1) is 0 Å². The van der Waals surface area contributed by atoms with Crippen molar-refractivity contribution in [1.29, 1.82) is 0 Å². The number of fused-ring (bicyclic) bond motifs is 5. The lowest BCUT2D eigenvalue weighted by molar-refractivity contribution is 0.977. The minimum Gasteiger partial charge on any atom is -0.337 e. The summed E-state index contributed by atoms with van der Waals surface area (Å²) in [5.41, 5.74) is 12.1. The SMILES string of the molecule is c1ccc(-c2cccc3ccc4c(c5ccccc5n4-c4ccc(-c5ccccc5CN(c5ccccc5)c5ccccc5)cc4)c23)cc1. The third kappa shape index (κ3) is 5.15. The molecule has 0 amide bonds. The Kier molecular flexibility index (Phi) is 7.25. The molecule has 0 aliphatic rings. The second-order valence-corrected chi connectivity index (χ2v) is 12.5. The molecule has 0 atom stereocenters. The molecule has 0 spiro atoms. The van der Waals surface area contributed by atoms with Crippen molar-refractivity contribution < 1.29 is 0 Å². The monoisotopic (exact) mass is 626 g/mol. The molecule has 0 aliphatic heterocycles. The Morgan fingerprint density at radius 1 is 0.388 bits per heavy atom. The summed E-state index contributed by atoms with van der Waals surface area (Å²) in [6.07, 6.45) is 0. The highest BCUT2D eigenvalue weighted by Gasteiger charge is 2.18. The van der Waals surface area contributed by atoms with Crippen molar-refractivity contribution in [3.05, 3.63) is 200 Å². The van der Waals surface area contributed by atoms with Crippen LogP contribution < -0.4 is 4.90 Å². The number of rotatable bonds is 7. The van der Waals surface area contributed by atoms with Crippen LogP contribution in [0.15, 0.2) is 194 Å². The van der Waals surface area contributed by atoms with Gasteiger partial charge in [-0.2, -0.15) is 0 Å². The van der Waals surface area contributed by atoms with Gasteiger partial charge in [0.1, 0.15) is 0 Å². The molecular weight excluding hydrogens is 593 g/mol. The number of hydrogen-bond acceptors (Lipinski definition) is 1. The largest absolute Gasteiger partial charge is 0.337 e. The van der Waals surface area contributed by atoms with Gasteiger partial charge in [0.25, 0.3) is 0 Å². The molecule has 9 aromatic rings. The molecule has 1 heterocycles. The van der Waals surface area contributed by atoms with E-state index in [1.807, 2.05) is 0 Å². The first-order valence-corrected chi connectivity index (χ1v) is 16.9. The van der Waals surface area contributed by atoms with Gasteiger partial charge in [-0.1, -0.05) is 146 Å². The van der Waals surface area contributed by atoms with Gasteiger partial charge in [0.2, 0.25) is 0 Å². The van der Waals surface area contributed by atoms with Crippen molar-refractivity contribution in [2.45, 2.75) is 6.54 Å². The molecule has 2 nitrogen and oxygen atoms in total. The van der Waals surface area contributed by atoms with E-state index >= 15 is 0 Å². The number of nitrogens with zero attached hydrogens (tertiary/aromatic N) is 2. The molecule has 49 heavy (non-hydrogen) atoms. The predicted octanol–water partition coefficient (Wildman–Crippen LogP) is 12.6. The summed E-state index contributed by atoms with van der Waals surface area (Å²) in [6.45, 7) is 0.760. The van der Waals surface area contributed by atoms with Crippen LogP contribution in [-0.2, 0) is 6.54 Å². The van der Waals surface area contributed by atoms with E-state index in [1.165, 1.54) is 71.8 Å². The maximum atomic E-state index is 2.42. The lowest BCUT2D eigenvalue weighted by Crippen LogP contribution is -2.16. The van der Waals surface area contributed by atoms with Crippen molar-refractivity contribution in [2.24, 2.45) is 0 Å². The van der Waals surface area contributed by atoms with Crippen LogP contribution in [0.4, 0.5) is 11.4 Å². The Labute approximate surface area is 286 Å². The fourth-order valence-electron chi connectivity index (χ4n) is 7.42. The van der Waals surface area contributed by atoms with Crippen LogP contribution in [0.3, 0.4) is 0 Å². The summed E-state index contributed by atoms with van der Waals surface area (Å²) < 4.78 is 2.42. The molecule has 9 rings (SSSR count). The van der Waals surface area contributed by atoms with Crippen molar-refractivity contribution >= 4 is 44.0 Å². The van der Waals surface area contributed by atoms with E-state index < -0.39 is 0 Å². The molecule has 2 heteroatoms. The molecule has 0 saturated carbocycles. The Balaban J connectivity index is 1.16. The van der Waals surface area contributed by atoms with Gasteiger partial charge in [-0.25, -0.2) is 0 Å². The smallest absolute Gasteiger partial charge is 0.0547 e. The summed E-state index contributed by atoms with van der Waals surface area (Å²) in [4.78, 5) is 2.39. The van der Waals surface area contributed by atoms with Crippen LogP contribution >= 0.6 is 0 Å². The zero-order chi connectivity index (χ0) is 32.6. The van der Waals surface area contributed by atoms with Crippen molar-refractivity contribution in [3.8, 4) is 27.9 Å². The molecule has 1 aromatic heterocycles. The molecule has 232 valence electrons. The maximum absolute atomic E-state index is 2.42. The molecular formula is C47H34N2. The highest BCUT2D eigenvalue weighted by molar-refractivity contribution is 6.24. The molecule has 0 N–H and O–H groups in total. The van der Waals surface area contributed by atoms with Crippen molar-refractivity contribution in [1.82, 2.24) is 4.57 Å². The summed E-state index contributed by atoms with van der Waals surface area (Å²) >= 11 is 0. The first kappa shape index (κ1) is 28.8. The number of hydrogen-bond donors (Lipinski definition) is 0. The van der Waals surface area contributed by atoms with Gasteiger partial charge < -0.3 is 9.47 Å². The fourth-order valence-corrected chi connectivity index (χ4v) is 7.42. The van der Waals surface area contributed by atoms with E-state index in [0.29, 0.717) is 0 Å². The van der Waals surface area contributed by atoms with Crippen LogP contribution in [-0.4, -0.2) is 4.57 Å². The minimum atomic E-state index is 0.760. The Morgan fingerprint density at radius 2 is 0.980 bits per heavy atom. The summed E-state index contributed by atoms with van der Waals surface area (Å²) in [5, 5.41) is 5.11. The Bertz CT molecular complexity index is 2510. The maximum Gasteiger partial charge on any atom is 0.0547 e. The normalized spacial score (nSPS) is 11.3. The van der Waals surface area contributed by atoms with Gasteiger partial charge in [-0.05, 0) is 87.1 Å². The van der Waals surface area contributed by atoms with Crippen LogP contribution in [0.1, 0.15) is 5.56 Å². The Hall–Kier alpha value is -6.38. The quantitative estimate of drug-likeness (QED) is 0.171. The lowest BCUT2D eigenvalue weighted by Gasteiger charge is -2.26. The molecule has 0 radical (unpaired) electrons. The van der Waals surface area contributed by atoms with E-state index in [0.717, 1.165) is 12.2 Å². The van der Waals surface area contributed by atoms with Gasteiger partial charge in [-0.15, -0.1) is 0 Å². The molecule has 0 unspecified atom stereocenters. The molecule has 0 saturated heterocycles. The van der Waals surface area contributed by atoms with Gasteiger partial charge in [-0.3, -0.25) is 0 Å². The first-order chi connectivity index (χ1) is 24.3. The molecule has 0 aliphatic carbocycles. The summed E-state index contributed by atoms with van der Waals surface area (Å²) in [5.74, 6) is 0. The van der Waals surface area contributed by atoms with E-state index in [2.05, 4.69) is 204 Å². The number of anilines is 2. The molecule has 0 fully saturated rings. The van der Waals surface area contributed by atoms with E-state index in [-0.39, 0.29) is 0 Å². The number of aromatic nitrogens is 1. The van der Waals surface area contributed by atoms with Crippen molar-refractivity contribution in [2.75, 3.05) is 4.90 Å². The second kappa shape index (κ2) is 12.3. The summed E-state index contributed by atoms with van der Waals surface area (Å²) in [7, 11) is 0. The van der Waals surface area contributed by atoms with E-state index in [1.54, 1.807) is 0 Å². The fraction of sp³-hybridized carbons (Fsp3) is 0.0213. The van der Waals surface area contributed by atoms with Crippen LogP contribution in [0.5, 0.6) is 0 Å². The predicted molar refractivity (Wildman–Crippen MR) is 208 cm³/mol. The van der Waals surface area contributed by atoms with Crippen LogP contribution in [0.25, 0.3) is 60.5 Å². The average Bonchev–Trinajstić information content (AvgIpc) is 3.53. The van der Waals surface area contributed by atoms with E-state index in [4.69, 9.17) is 0 Å².